The van der Waals surface area contributed by atoms with Gasteiger partial charge in [0.25, 0.3) is 0 Å². The maximum atomic E-state index is 6.03. The van der Waals surface area contributed by atoms with E-state index in [0.717, 1.165) is 29.7 Å². The van der Waals surface area contributed by atoms with Crippen LogP contribution in [0, 0.1) is 13.8 Å². The van der Waals surface area contributed by atoms with E-state index in [1.54, 1.807) is 0 Å². The van der Waals surface area contributed by atoms with Gasteiger partial charge in [0.05, 0.1) is 5.56 Å². The highest BCUT2D eigenvalue weighted by Crippen LogP contribution is 2.26. The highest BCUT2D eigenvalue weighted by molar-refractivity contribution is 7.80. The van der Waals surface area contributed by atoms with Gasteiger partial charge in [-0.05, 0) is 51.2 Å². The molecule has 0 aliphatic heterocycles. The number of nitrogens with zero attached hydrogens (tertiary/aromatic N) is 1. The molecule has 18 heavy (non-hydrogen) atoms. The Labute approximate surface area is 114 Å². The van der Waals surface area contributed by atoms with E-state index in [1.165, 1.54) is 19.3 Å². The summed E-state index contributed by atoms with van der Waals surface area (Å²) in [5.74, 6) is 0.618. The van der Waals surface area contributed by atoms with Crippen LogP contribution in [0.3, 0.4) is 0 Å². The normalized spacial score (nSPS) is 16.6. The van der Waals surface area contributed by atoms with Crippen molar-refractivity contribution < 1.29 is 4.74 Å². The van der Waals surface area contributed by atoms with Crippen LogP contribution in [0.4, 0.5) is 0 Å². The minimum Gasteiger partial charge on any atom is -0.474 e. The molecule has 1 fully saturated rings. The molecule has 1 aromatic heterocycles. The Kier molecular flexibility index (Phi) is 4.17. The molecule has 2 N–H and O–H groups in total. The van der Waals surface area contributed by atoms with E-state index in [2.05, 4.69) is 4.98 Å². The molecule has 0 unspecified atom stereocenters. The highest BCUT2D eigenvalue weighted by Gasteiger charge is 2.19. The molecule has 0 radical (unpaired) electrons. The summed E-state index contributed by atoms with van der Waals surface area (Å²) in [4.78, 5) is 4.83. The molecule has 2 rings (SSSR count). The third-order valence-electron chi connectivity index (χ3n) is 3.39. The third-order valence-corrected chi connectivity index (χ3v) is 3.59. The van der Waals surface area contributed by atoms with Crippen LogP contribution in [0.5, 0.6) is 5.88 Å². The second-order valence-corrected chi connectivity index (χ2v) is 5.44. The molecule has 4 heteroatoms. The van der Waals surface area contributed by atoms with Gasteiger partial charge in [-0.3, -0.25) is 0 Å². The Balaban J connectivity index is 2.27. The molecular weight excluding hydrogens is 244 g/mol. The Hall–Kier alpha value is -1.16. The van der Waals surface area contributed by atoms with Crippen molar-refractivity contribution in [3.63, 3.8) is 0 Å². The lowest BCUT2D eigenvalue weighted by Crippen LogP contribution is -2.23. The SMILES string of the molecule is Cc1cc(C)c(C(N)=S)c(OC2CCCCC2)n1. The van der Waals surface area contributed by atoms with Crippen molar-refractivity contribution in [1.29, 1.82) is 0 Å². The molecule has 0 amide bonds. The maximum absolute atomic E-state index is 6.03. The first kappa shape index (κ1) is 13.3. The predicted octanol–water partition coefficient (Wildman–Crippen LogP) is 3.04. The lowest BCUT2D eigenvalue weighted by molar-refractivity contribution is 0.148. The average Bonchev–Trinajstić information content (AvgIpc) is 2.28. The summed E-state index contributed by atoms with van der Waals surface area (Å²) in [5.41, 5.74) is 8.56. The average molecular weight is 264 g/mol. The lowest BCUT2D eigenvalue weighted by atomic mass is 9.98. The molecule has 0 atom stereocenters. The summed E-state index contributed by atoms with van der Waals surface area (Å²) < 4.78 is 6.03. The van der Waals surface area contributed by atoms with Crippen LogP contribution in [0.25, 0.3) is 0 Å². The summed E-state index contributed by atoms with van der Waals surface area (Å²) in [6, 6.07) is 1.99. The molecule has 0 spiro atoms. The fraction of sp³-hybridized carbons (Fsp3) is 0.571. The second kappa shape index (κ2) is 5.65. The standard InChI is InChI=1S/C14H20N2OS/c1-9-8-10(2)16-14(12(9)13(15)18)17-11-6-4-3-5-7-11/h8,11H,3-7H2,1-2H3,(H2,15,18). The number of aromatic nitrogens is 1. The lowest BCUT2D eigenvalue weighted by Gasteiger charge is -2.24. The van der Waals surface area contributed by atoms with E-state index in [4.69, 9.17) is 22.7 Å². The predicted molar refractivity (Wildman–Crippen MR) is 77.1 cm³/mol. The number of thiocarbonyl (C=S) groups is 1. The molecule has 3 nitrogen and oxygen atoms in total. The molecule has 0 aromatic carbocycles. The first-order valence-corrected chi connectivity index (χ1v) is 6.93. The fourth-order valence-electron chi connectivity index (χ4n) is 2.53. The summed E-state index contributed by atoms with van der Waals surface area (Å²) in [6.45, 7) is 3.96. The summed E-state index contributed by atoms with van der Waals surface area (Å²) in [6.07, 6.45) is 6.25. The fourth-order valence-corrected chi connectivity index (χ4v) is 2.78. The minimum atomic E-state index is 0.264. The van der Waals surface area contributed by atoms with Crippen LogP contribution in [-0.2, 0) is 0 Å². The van der Waals surface area contributed by atoms with Gasteiger partial charge in [-0.1, -0.05) is 18.6 Å². The quantitative estimate of drug-likeness (QED) is 0.852. The third kappa shape index (κ3) is 2.99. The molecule has 1 heterocycles. The van der Waals surface area contributed by atoms with Gasteiger partial charge >= 0.3 is 0 Å². The maximum Gasteiger partial charge on any atom is 0.224 e. The molecule has 0 bridgehead atoms. The van der Waals surface area contributed by atoms with Gasteiger partial charge in [0.1, 0.15) is 11.1 Å². The zero-order valence-corrected chi connectivity index (χ0v) is 11.8. The molecule has 1 aromatic rings. The van der Waals surface area contributed by atoms with Crippen molar-refractivity contribution in [3.05, 3.63) is 22.9 Å². The Morgan fingerprint density at radius 3 is 2.61 bits per heavy atom. The molecule has 1 aliphatic rings. The van der Waals surface area contributed by atoms with Crippen molar-refractivity contribution in [1.82, 2.24) is 4.98 Å². The molecular formula is C14H20N2OS. The van der Waals surface area contributed by atoms with Crippen molar-refractivity contribution in [3.8, 4) is 5.88 Å². The molecule has 98 valence electrons. The van der Waals surface area contributed by atoms with E-state index in [1.807, 2.05) is 19.9 Å². The van der Waals surface area contributed by atoms with Gasteiger partial charge in [-0.2, -0.15) is 0 Å². The van der Waals surface area contributed by atoms with Gasteiger partial charge in [0.2, 0.25) is 5.88 Å². The van der Waals surface area contributed by atoms with Crippen LogP contribution < -0.4 is 10.5 Å². The van der Waals surface area contributed by atoms with Crippen LogP contribution in [0.1, 0.15) is 48.9 Å². The van der Waals surface area contributed by atoms with Gasteiger partial charge in [0, 0.05) is 5.69 Å². The van der Waals surface area contributed by atoms with Crippen molar-refractivity contribution >= 4 is 17.2 Å². The number of pyridine rings is 1. The van der Waals surface area contributed by atoms with Crippen LogP contribution >= 0.6 is 12.2 Å². The van der Waals surface area contributed by atoms with Crippen LogP contribution in [-0.4, -0.2) is 16.1 Å². The number of hydrogen-bond donors (Lipinski definition) is 1. The van der Waals surface area contributed by atoms with Crippen molar-refractivity contribution in [2.45, 2.75) is 52.1 Å². The van der Waals surface area contributed by atoms with Crippen LogP contribution in [0.2, 0.25) is 0 Å². The van der Waals surface area contributed by atoms with E-state index in [9.17, 15) is 0 Å². The van der Waals surface area contributed by atoms with E-state index in [-0.39, 0.29) is 6.10 Å². The number of rotatable bonds is 3. The Bertz CT molecular complexity index is 453. The summed E-state index contributed by atoms with van der Waals surface area (Å²) in [5, 5.41) is 0. The monoisotopic (exact) mass is 264 g/mol. The first-order valence-electron chi connectivity index (χ1n) is 6.52. The zero-order valence-electron chi connectivity index (χ0n) is 11.0. The zero-order chi connectivity index (χ0) is 13.1. The Morgan fingerprint density at radius 1 is 1.33 bits per heavy atom. The van der Waals surface area contributed by atoms with Crippen molar-refractivity contribution in [2.24, 2.45) is 5.73 Å². The molecule has 1 aliphatic carbocycles. The number of ether oxygens (including phenoxy) is 1. The van der Waals surface area contributed by atoms with E-state index < -0.39 is 0 Å². The van der Waals surface area contributed by atoms with Gasteiger partial charge in [-0.15, -0.1) is 0 Å². The first-order chi connectivity index (χ1) is 8.58. The van der Waals surface area contributed by atoms with Gasteiger partial charge < -0.3 is 10.5 Å². The number of aryl methyl sites for hydroxylation is 2. The van der Waals surface area contributed by atoms with Gasteiger partial charge in [0.15, 0.2) is 0 Å². The largest absolute Gasteiger partial charge is 0.474 e. The van der Waals surface area contributed by atoms with E-state index in [0.29, 0.717) is 10.9 Å². The van der Waals surface area contributed by atoms with Crippen LogP contribution in [0.15, 0.2) is 6.07 Å². The number of hydrogen-bond acceptors (Lipinski definition) is 3. The van der Waals surface area contributed by atoms with Gasteiger partial charge in [-0.25, -0.2) is 4.98 Å². The molecule has 0 saturated heterocycles. The molecule has 1 saturated carbocycles. The minimum absolute atomic E-state index is 0.264. The highest BCUT2D eigenvalue weighted by atomic mass is 32.1. The topological polar surface area (TPSA) is 48.1 Å². The van der Waals surface area contributed by atoms with Crippen molar-refractivity contribution in [2.75, 3.05) is 0 Å². The smallest absolute Gasteiger partial charge is 0.224 e. The number of nitrogens with two attached hydrogens (primary N) is 1. The summed E-state index contributed by atoms with van der Waals surface area (Å²) >= 11 is 5.11. The summed E-state index contributed by atoms with van der Waals surface area (Å²) in [7, 11) is 0. The second-order valence-electron chi connectivity index (χ2n) is 5.00. The Morgan fingerprint density at radius 2 is 2.00 bits per heavy atom. The van der Waals surface area contributed by atoms with E-state index >= 15 is 0 Å².